The van der Waals surface area contributed by atoms with Gasteiger partial charge in [-0.3, -0.25) is 9.78 Å². The lowest BCUT2D eigenvalue weighted by atomic mass is 10.1. The third kappa shape index (κ3) is 6.73. The summed E-state index contributed by atoms with van der Waals surface area (Å²) in [6.07, 6.45) is 4.96. The van der Waals surface area contributed by atoms with E-state index in [1.165, 1.54) is 12.8 Å². The van der Waals surface area contributed by atoms with Crippen molar-refractivity contribution in [3.63, 3.8) is 0 Å². The Morgan fingerprint density at radius 3 is 2.63 bits per heavy atom. The number of ether oxygens (including phenoxy) is 3. The van der Waals surface area contributed by atoms with Crippen molar-refractivity contribution in [2.45, 2.75) is 19.3 Å². The van der Waals surface area contributed by atoms with E-state index in [-0.39, 0.29) is 5.91 Å². The van der Waals surface area contributed by atoms with Gasteiger partial charge in [0.2, 0.25) is 0 Å². The number of carbonyl (C=O) groups is 1. The Labute approximate surface area is 207 Å². The molecule has 0 spiro atoms. The molecule has 1 N–H and O–H groups in total. The van der Waals surface area contributed by atoms with Crippen molar-refractivity contribution < 1.29 is 19.0 Å². The fourth-order valence-corrected chi connectivity index (χ4v) is 4.24. The zero-order valence-electron chi connectivity index (χ0n) is 20.5. The van der Waals surface area contributed by atoms with Gasteiger partial charge in [-0.1, -0.05) is 18.2 Å². The molecule has 1 fully saturated rings. The molecule has 2 aromatic carbocycles. The van der Waals surface area contributed by atoms with Gasteiger partial charge in [0.15, 0.2) is 11.5 Å². The molecule has 184 valence electrons. The Balaban J connectivity index is 1.33. The first-order valence-corrected chi connectivity index (χ1v) is 12.1. The van der Waals surface area contributed by atoms with Crippen LogP contribution in [0, 0.1) is 0 Å². The lowest BCUT2D eigenvalue weighted by Crippen LogP contribution is -2.33. The number of methoxy groups -OCH3 is 2. The van der Waals surface area contributed by atoms with Crippen LogP contribution in [-0.4, -0.2) is 62.8 Å². The number of hydrogen-bond donors (Lipinski definition) is 1. The first-order chi connectivity index (χ1) is 17.2. The van der Waals surface area contributed by atoms with Crippen LogP contribution in [0.15, 0.2) is 60.8 Å². The number of nitrogens with one attached hydrogen (secondary N) is 1. The first kappa shape index (κ1) is 24.5. The van der Waals surface area contributed by atoms with Gasteiger partial charge in [-0.05, 0) is 61.8 Å². The molecular weight excluding hydrogens is 442 g/mol. The van der Waals surface area contributed by atoms with Crippen molar-refractivity contribution in [2.24, 2.45) is 0 Å². The molecule has 7 nitrogen and oxygen atoms in total. The second-order valence-corrected chi connectivity index (χ2v) is 8.55. The fourth-order valence-electron chi connectivity index (χ4n) is 4.24. The van der Waals surface area contributed by atoms with E-state index in [2.05, 4.69) is 15.2 Å². The van der Waals surface area contributed by atoms with Crippen molar-refractivity contribution >= 4 is 5.91 Å². The van der Waals surface area contributed by atoms with Gasteiger partial charge < -0.3 is 24.4 Å². The number of aromatic nitrogens is 1. The van der Waals surface area contributed by atoms with Gasteiger partial charge in [0, 0.05) is 42.9 Å². The summed E-state index contributed by atoms with van der Waals surface area (Å²) in [5.41, 5.74) is 3.37. The minimum atomic E-state index is -0.0617. The summed E-state index contributed by atoms with van der Waals surface area (Å²) in [6, 6.07) is 17.2. The van der Waals surface area contributed by atoms with Gasteiger partial charge in [0.25, 0.3) is 5.91 Å². The summed E-state index contributed by atoms with van der Waals surface area (Å²) >= 11 is 0. The summed E-state index contributed by atoms with van der Waals surface area (Å²) < 4.78 is 16.7. The van der Waals surface area contributed by atoms with Crippen LogP contribution in [-0.2, 0) is 6.42 Å². The number of rotatable bonds is 11. The van der Waals surface area contributed by atoms with Crippen molar-refractivity contribution in [3.05, 3.63) is 71.9 Å². The first-order valence-electron chi connectivity index (χ1n) is 12.1. The van der Waals surface area contributed by atoms with E-state index >= 15 is 0 Å². The molecule has 0 unspecified atom stereocenters. The second kappa shape index (κ2) is 12.2. The molecule has 2 heterocycles. The average Bonchev–Trinajstić information content (AvgIpc) is 3.42. The maximum atomic E-state index is 12.6. The zero-order valence-corrected chi connectivity index (χ0v) is 20.5. The van der Waals surface area contributed by atoms with Gasteiger partial charge in [-0.2, -0.15) is 0 Å². The highest BCUT2D eigenvalue weighted by atomic mass is 16.5. The van der Waals surface area contributed by atoms with Crippen LogP contribution in [0.5, 0.6) is 17.2 Å². The third-order valence-electron chi connectivity index (χ3n) is 6.17. The standard InChI is InChI=1S/C28H33N3O4/c1-33-26-9-8-21(18-27(26)34-2)11-17-35-24-10-12-29-25(20-24)22-6-5-7-23(19-22)28(32)30-13-16-31-14-3-4-15-31/h5-10,12,18-20H,3-4,11,13-17H2,1-2H3,(H,30,32). The van der Waals surface area contributed by atoms with Crippen LogP contribution >= 0.6 is 0 Å². The van der Waals surface area contributed by atoms with Crippen LogP contribution in [0.3, 0.4) is 0 Å². The molecule has 3 aromatic rings. The van der Waals surface area contributed by atoms with Crippen molar-refractivity contribution in [3.8, 4) is 28.5 Å². The van der Waals surface area contributed by atoms with E-state index in [9.17, 15) is 4.79 Å². The molecule has 1 saturated heterocycles. The van der Waals surface area contributed by atoms with Crippen molar-refractivity contribution in [1.29, 1.82) is 0 Å². The van der Waals surface area contributed by atoms with E-state index < -0.39 is 0 Å². The van der Waals surface area contributed by atoms with E-state index in [0.717, 1.165) is 48.6 Å². The zero-order chi connectivity index (χ0) is 24.5. The van der Waals surface area contributed by atoms with E-state index in [4.69, 9.17) is 14.2 Å². The van der Waals surface area contributed by atoms with Gasteiger partial charge in [-0.15, -0.1) is 0 Å². The third-order valence-corrected chi connectivity index (χ3v) is 6.17. The van der Waals surface area contributed by atoms with Gasteiger partial charge >= 0.3 is 0 Å². The van der Waals surface area contributed by atoms with Crippen LogP contribution in [0.4, 0.5) is 0 Å². The fraction of sp³-hybridized carbons (Fsp3) is 0.357. The number of nitrogens with zero attached hydrogens (tertiary/aromatic N) is 2. The van der Waals surface area contributed by atoms with E-state index in [0.29, 0.717) is 30.2 Å². The van der Waals surface area contributed by atoms with Gasteiger partial charge in [0.05, 0.1) is 26.5 Å². The number of benzene rings is 2. The SMILES string of the molecule is COc1ccc(CCOc2ccnc(-c3cccc(C(=O)NCCN4CCCC4)c3)c2)cc1OC. The Kier molecular flexibility index (Phi) is 8.57. The molecule has 1 amide bonds. The number of carbonyl (C=O) groups excluding carboxylic acids is 1. The number of likely N-dealkylation sites (tertiary alicyclic amines) is 1. The van der Waals surface area contributed by atoms with E-state index in [1.54, 1.807) is 20.4 Å². The van der Waals surface area contributed by atoms with Crippen LogP contribution in [0.1, 0.15) is 28.8 Å². The van der Waals surface area contributed by atoms with Crippen LogP contribution in [0.2, 0.25) is 0 Å². The molecule has 7 heteroatoms. The van der Waals surface area contributed by atoms with Crippen LogP contribution in [0.25, 0.3) is 11.3 Å². The highest BCUT2D eigenvalue weighted by molar-refractivity contribution is 5.95. The lowest BCUT2D eigenvalue weighted by Gasteiger charge is -2.15. The van der Waals surface area contributed by atoms with Crippen molar-refractivity contribution in [1.82, 2.24) is 15.2 Å². The molecule has 0 radical (unpaired) electrons. The Morgan fingerprint density at radius 1 is 1.00 bits per heavy atom. The minimum absolute atomic E-state index is 0.0617. The largest absolute Gasteiger partial charge is 0.493 e. The molecular formula is C28H33N3O4. The summed E-state index contributed by atoms with van der Waals surface area (Å²) in [5, 5.41) is 3.03. The molecule has 1 aliphatic heterocycles. The highest BCUT2D eigenvalue weighted by Crippen LogP contribution is 2.28. The molecule has 35 heavy (non-hydrogen) atoms. The average molecular weight is 476 g/mol. The topological polar surface area (TPSA) is 72.9 Å². The monoisotopic (exact) mass is 475 g/mol. The number of hydrogen-bond acceptors (Lipinski definition) is 6. The number of amides is 1. The quantitative estimate of drug-likeness (QED) is 0.448. The molecule has 0 saturated carbocycles. The summed E-state index contributed by atoms with van der Waals surface area (Å²) in [7, 11) is 3.25. The maximum Gasteiger partial charge on any atom is 0.251 e. The molecule has 0 aliphatic carbocycles. The smallest absolute Gasteiger partial charge is 0.251 e. The summed E-state index contributed by atoms with van der Waals surface area (Å²) in [4.78, 5) is 19.5. The van der Waals surface area contributed by atoms with E-state index in [1.807, 2.05) is 54.6 Å². The minimum Gasteiger partial charge on any atom is -0.493 e. The van der Waals surface area contributed by atoms with Crippen molar-refractivity contribution in [2.75, 3.05) is 47.0 Å². The summed E-state index contributed by atoms with van der Waals surface area (Å²) in [5.74, 6) is 2.08. The normalized spacial score (nSPS) is 13.4. The number of pyridine rings is 1. The van der Waals surface area contributed by atoms with Gasteiger partial charge in [-0.25, -0.2) is 0 Å². The highest BCUT2D eigenvalue weighted by Gasteiger charge is 2.12. The lowest BCUT2D eigenvalue weighted by molar-refractivity contribution is 0.0950. The van der Waals surface area contributed by atoms with Gasteiger partial charge in [0.1, 0.15) is 5.75 Å². The molecule has 1 aromatic heterocycles. The molecule has 4 rings (SSSR count). The second-order valence-electron chi connectivity index (χ2n) is 8.55. The Morgan fingerprint density at radius 2 is 1.83 bits per heavy atom. The molecule has 1 aliphatic rings. The summed E-state index contributed by atoms with van der Waals surface area (Å²) in [6.45, 7) is 4.33. The van der Waals surface area contributed by atoms with Crippen LogP contribution < -0.4 is 19.5 Å². The molecule has 0 atom stereocenters. The maximum absolute atomic E-state index is 12.6. The Hall–Kier alpha value is -3.58. The predicted molar refractivity (Wildman–Crippen MR) is 136 cm³/mol. The predicted octanol–water partition coefficient (Wildman–Crippen LogP) is 4.21. The molecule has 0 bridgehead atoms. The Bertz CT molecular complexity index is 1130.